The van der Waals surface area contributed by atoms with Gasteiger partial charge in [0.15, 0.2) is 0 Å². The van der Waals surface area contributed by atoms with Gasteiger partial charge in [0, 0.05) is 37.1 Å². The molecule has 0 bridgehead atoms. The van der Waals surface area contributed by atoms with Crippen LogP contribution in [0.1, 0.15) is 0 Å². The number of anilines is 3. The van der Waals surface area contributed by atoms with Crippen molar-refractivity contribution in [3.63, 3.8) is 0 Å². The van der Waals surface area contributed by atoms with E-state index in [-0.39, 0.29) is 0 Å². The van der Waals surface area contributed by atoms with E-state index in [9.17, 15) is 0 Å². The summed E-state index contributed by atoms with van der Waals surface area (Å²) in [6.45, 7) is 0. The van der Waals surface area contributed by atoms with Crippen LogP contribution < -0.4 is 4.90 Å². The van der Waals surface area contributed by atoms with Crippen LogP contribution in [0.15, 0.2) is 200 Å². The number of nitrogens with zero attached hydrogens (tertiary/aromatic N) is 1. The number of para-hydroxylation sites is 1. The van der Waals surface area contributed by atoms with Crippen molar-refractivity contribution < 1.29 is 0 Å². The molecule has 10 rings (SSSR count). The molecule has 0 unspecified atom stereocenters. The zero-order valence-corrected chi connectivity index (χ0v) is 29.2. The van der Waals surface area contributed by atoms with Crippen LogP contribution in [-0.4, -0.2) is 0 Å². The van der Waals surface area contributed by atoms with Crippen molar-refractivity contribution in [2.75, 3.05) is 4.90 Å². The molecule has 1 nitrogen and oxygen atoms in total. The molecule has 1 heterocycles. The van der Waals surface area contributed by atoms with Crippen molar-refractivity contribution in [2.24, 2.45) is 0 Å². The molecule has 2 heteroatoms. The van der Waals surface area contributed by atoms with Gasteiger partial charge in [-0.2, -0.15) is 0 Å². The van der Waals surface area contributed by atoms with Crippen LogP contribution in [0.2, 0.25) is 0 Å². The first-order valence-electron chi connectivity index (χ1n) is 17.8. The van der Waals surface area contributed by atoms with Crippen molar-refractivity contribution in [1.82, 2.24) is 0 Å². The van der Waals surface area contributed by atoms with Crippen LogP contribution in [0, 0.1) is 0 Å². The summed E-state index contributed by atoms with van der Waals surface area (Å²) in [4.78, 5) is 2.43. The minimum atomic E-state index is 1.11. The van der Waals surface area contributed by atoms with E-state index in [0.717, 1.165) is 17.1 Å². The number of rotatable bonds is 6. The Kier molecular flexibility index (Phi) is 7.41. The fourth-order valence-electron chi connectivity index (χ4n) is 7.76. The van der Waals surface area contributed by atoms with E-state index < -0.39 is 0 Å². The SMILES string of the molecule is c1ccc(-c2ccccc2N(c2ccc(-c3ccc4ccccc4c3)cc2)c2ccc3sc4cc5ccccc5c(-c5ccccc5)c4c3c2)cc1. The lowest BCUT2D eigenvalue weighted by Gasteiger charge is -2.28. The van der Waals surface area contributed by atoms with Crippen LogP contribution in [-0.2, 0) is 0 Å². The molecule has 9 aromatic carbocycles. The van der Waals surface area contributed by atoms with Gasteiger partial charge < -0.3 is 4.90 Å². The standard InChI is InChI=1S/C50H33NS/c1-3-14-36(15-4-1)43-20-11-12-22-46(43)51(41-27-25-35(26-28-41)39-24-23-34-13-7-8-18-38(34)31-39)42-29-30-47-45(33-42)50-48(52-47)32-40-19-9-10-21-44(40)49(50)37-16-5-2-6-17-37/h1-33H. The topological polar surface area (TPSA) is 3.24 Å². The Morgan fingerprint density at radius 3 is 1.79 bits per heavy atom. The van der Waals surface area contributed by atoms with E-state index in [4.69, 9.17) is 0 Å². The first-order valence-corrected chi connectivity index (χ1v) is 18.6. The average Bonchev–Trinajstić information content (AvgIpc) is 3.58. The smallest absolute Gasteiger partial charge is 0.0540 e. The van der Waals surface area contributed by atoms with E-state index in [1.807, 2.05) is 11.3 Å². The molecule has 10 aromatic rings. The molecule has 0 saturated carbocycles. The number of benzene rings is 9. The molecule has 0 fully saturated rings. The molecule has 0 aliphatic heterocycles. The highest BCUT2D eigenvalue weighted by molar-refractivity contribution is 7.26. The zero-order chi connectivity index (χ0) is 34.4. The molecule has 0 N–H and O–H groups in total. The Bertz CT molecular complexity index is 2890. The fourth-order valence-corrected chi connectivity index (χ4v) is 8.91. The molecule has 0 aliphatic carbocycles. The third kappa shape index (κ3) is 5.24. The zero-order valence-electron chi connectivity index (χ0n) is 28.4. The summed E-state index contributed by atoms with van der Waals surface area (Å²) in [5.41, 5.74) is 10.7. The molecular weight excluding hydrogens is 647 g/mol. The molecule has 0 radical (unpaired) electrons. The summed E-state index contributed by atoms with van der Waals surface area (Å²) in [7, 11) is 0. The summed E-state index contributed by atoms with van der Waals surface area (Å²) >= 11 is 1.88. The molecule has 0 aliphatic rings. The van der Waals surface area contributed by atoms with Gasteiger partial charge >= 0.3 is 0 Å². The minimum absolute atomic E-state index is 1.11. The van der Waals surface area contributed by atoms with Crippen molar-refractivity contribution in [2.45, 2.75) is 0 Å². The van der Waals surface area contributed by atoms with Gasteiger partial charge in [0.1, 0.15) is 0 Å². The van der Waals surface area contributed by atoms with Crippen molar-refractivity contribution >= 4 is 70.1 Å². The quantitative estimate of drug-likeness (QED) is 0.169. The molecule has 0 atom stereocenters. The average molecular weight is 680 g/mol. The minimum Gasteiger partial charge on any atom is -0.310 e. The Balaban J connectivity index is 1.19. The van der Waals surface area contributed by atoms with Crippen molar-refractivity contribution in [3.8, 4) is 33.4 Å². The highest BCUT2D eigenvalue weighted by Crippen LogP contribution is 2.47. The van der Waals surface area contributed by atoms with Gasteiger partial charge in [-0.1, -0.05) is 152 Å². The third-order valence-corrected chi connectivity index (χ3v) is 11.3. The van der Waals surface area contributed by atoms with Crippen molar-refractivity contribution in [1.29, 1.82) is 0 Å². The van der Waals surface area contributed by atoms with Gasteiger partial charge in [-0.05, 0) is 97.9 Å². The maximum Gasteiger partial charge on any atom is 0.0540 e. The largest absolute Gasteiger partial charge is 0.310 e. The van der Waals surface area contributed by atoms with Gasteiger partial charge in [0.25, 0.3) is 0 Å². The summed E-state index contributed by atoms with van der Waals surface area (Å²) in [6.07, 6.45) is 0. The molecule has 1 aromatic heterocycles. The molecular formula is C50H33NS. The second-order valence-electron chi connectivity index (χ2n) is 13.3. The molecule has 0 spiro atoms. The molecule has 0 amide bonds. The van der Waals surface area contributed by atoms with E-state index in [0.29, 0.717) is 0 Å². The number of hydrogen-bond donors (Lipinski definition) is 0. The van der Waals surface area contributed by atoms with Gasteiger partial charge in [-0.25, -0.2) is 0 Å². The lowest BCUT2D eigenvalue weighted by molar-refractivity contribution is 1.29. The molecule has 52 heavy (non-hydrogen) atoms. The van der Waals surface area contributed by atoms with Gasteiger partial charge in [-0.3, -0.25) is 0 Å². The Morgan fingerprint density at radius 2 is 0.981 bits per heavy atom. The van der Waals surface area contributed by atoms with Gasteiger partial charge in [0.2, 0.25) is 0 Å². The van der Waals surface area contributed by atoms with Crippen LogP contribution in [0.3, 0.4) is 0 Å². The van der Waals surface area contributed by atoms with Crippen LogP contribution in [0.25, 0.3) is 75.1 Å². The summed E-state index contributed by atoms with van der Waals surface area (Å²) in [6, 6.07) is 72.9. The van der Waals surface area contributed by atoms with Crippen LogP contribution in [0.5, 0.6) is 0 Å². The third-order valence-electron chi connectivity index (χ3n) is 10.2. The number of fused-ring (bicyclic) bond motifs is 5. The maximum absolute atomic E-state index is 2.43. The second-order valence-corrected chi connectivity index (χ2v) is 14.4. The lowest BCUT2D eigenvalue weighted by Crippen LogP contribution is -2.11. The van der Waals surface area contributed by atoms with Crippen LogP contribution in [0.4, 0.5) is 17.1 Å². The Labute approximate surface area is 307 Å². The number of thiophene rings is 1. The van der Waals surface area contributed by atoms with E-state index >= 15 is 0 Å². The Morgan fingerprint density at radius 1 is 0.346 bits per heavy atom. The monoisotopic (exact) mass is 679 g/mol. The first kappa shape index (κ1) is 30.4. The summed E-state index contributed by atoms with van der Waals surface area (Å²) in [5.74, 6) is 0. The summed E-state index contributed by atoms with van der Waals surface area (Å²) < 4.78 is 2.59. The highest BCUT2D eigenvalue weighted by Gasteiger charge is 2.20. The predicted molar refractivity (Wildman–Crippen MR) is 225 cm³/mol. The van der Waals surface area contributed by atoms with E-state index in [1.165, 1.54) is 75.1 Å². The lowest BCUT2D eigenvalue weighted by atomic mass is 9.93. The maximum atomic E-state index is 2.43. The molecule has 244 valence electrons. The molecule has 0 saturated heterocycles. The highest BCUT2D eigenvalue weighted by atomic mass is 32.1. The Hall–Kier alpha value is -6.48. The van der Waals surface area contributed by atoms with E-state index in [2.05, 4.69) is 205 Å². The normalized spacial score (nSPS) is 11.5. The van der Waals surface area contributed by atoms with Crippen molar-refractivity contribution in [3.05, 3.63) is 200 Å². The van der Waals surface area contributed by atoms with Gasteiger partial charge in [0.05, 0.1) is 5.69 Å². The number of hydrogen-bond acceptors (Lipinski definition) is 2. The first-order chi connectivity index (χ1) is 25.8. The summed E-state index contributed by atoms with van der Waals surface area (Å²) in [5, 5.41) is 7.65. The van der Waals surface area contributed by atoms with E-state index in [1.54, 1.807) is 0 Å². The van der Waals surface area contributed by atoms with Gasteiger partial charge in [-0.15, -0.1) is 11.3 Å². The second kappa shape index (κ2) is 12.7. The fraction of sp³-hybridized carbons (Fsp3) is 0. The predicted octanol–water partition coefficient (Wildman–Crippen LogP) is 14.8. The van der Waals surface area contributed by atoms with Crippen LogP contribution >= 0.6 is 11.3 Å².